The Hall–Kier alpha value is -1.57. The lowest BCUT2D eigenvalue weighted by atomic mass is 10.1. The van der Waals surface area contributed by atoms with E-state index in [9.17, 15) is 0 Å². The van der Waals surface area contributed by atoms with Crippen LogP contribution in [0.4, 0.5) is 0 Å². The van der Waals surface area contributed by atoms with Crippen molar-refractivity contribution in [1.29, 1.82) is 0 Å². The Morgan fingerprint density at radius 3 is 2.86 bits per heavy atom. The molecular weight excluding hydrogens is 174 g/mol. The summed E-state index contributed by atoms with van der Waals surface area (Å²) in [6, 6.07) is 8.29. The normalized spacial score (nSPS) is 14.1. The molecule has 0 radical (unpaired) electrons. The van der Waals surface area contributed by atoms with E-state index in [1.165, 1.54) is 10.8 Å². The average Bonchev–Trinajstić information content (AvgIpc) is 2.66. The molecule has 0 saturated heterocycles. The maximum absolute atomic E-state index is 5.60. The minimum absolute atomic E-state index is 0.774. The molecule has 0 fully saturated rings. The first-order valence-corrected chi connectivity index (χ1v) is 4.87. The third-order valence-electron chi connectivity index (χ3n) is 2.71. The second-order valence-corrected chi connectivity index (χ2v) is 3.62. The molecule has 2 aromatic rings. The number of hydrogen-bond acceptors (Lipinski definition) is 2. The summed E-state index contributed by atoms with van der Waals surface area (Å²) in [6.07, 6.45) is 0.945. The zero-order chi connectivity index (χ0) is 9.54. The molecule has 2 nitrogen and oxygen atoms in total. The van der Waals surface area contributed by atoms with E-state index in [2.05, 4.69) is 24.0 Å². The lowest BCUT2D eigenvalue weighted by Crippen LogP contribution is -1.90. The average molecular weight is 185 g/mol. The van der Waals surface area contributed by atoms with Crippen LogP contribution in [0.5, 0.6) is 5.75 Å². The van der Waals surface area contributed by atoms with Crippen molar-refractivity contribution in [2.24, 2.45) is 0 Å². The van der Waals surface area contributed by atoms with Gasteiger partial charge in [-0.25, -0.2) is 0 Å². The molecule has 0 saturated carbocycles. The SMILES string of the molecule is Cc1nc2c(c3ccccc13)OCC2. The second-order valence-electron chi connectivity index (χ2n) is 3.62. The van der Waals surface area contributed by atoms with Gasteiger partial charge in [0.25, 0.3) is 0 Å². The van der Waals surface area contributed by atoms with E-state index in [0.29, 0.717) is 0 Å². The predicted octanol–water partition coefficient (Wildman–Crippen LogP) is 2.48. The smallest absolute Gasteiger partial charge is 0.148 e. The molecule has 14 heavy (non-hydrogen) atoms. The summed E-state index contributed by atoms with van der Waals surface area (Å²) in [4.78, 5) is 4.56. The van der Waals surface area contributed by atoms with Gasteiger partial charge in [0.2, 0.25) is 0 Å². The van der Waals surface area contributed by atoms with Crippen LogP contribution in [0.25, 0.3) is 10.8 Å². The fraction of sp³-hybridized carbons (Fsp3) is 0.250. The molecule has 3 rings (SSSR count). The number of benzene rings is 1. The molecule has 2 heteroatoms. The first kappa shape index (κ1) is 7.80. The minimum atomic E-state index is 0.774. The zero-order valence-corrected chi connectivity index (χ0v) is 8.08. The Morgan fingerprint density at radius 1 is 1.21 bits per heavy atom. The predicted molar refractivity (Wildman–Crippen MR) is 55.7 cm³/mol. The lowest BCUT2D eigenvalue weighted by Gasteiger charge is -2.06. The number of ether oxygens (including phenoxy) is 1. The highest BCUT2D eigenvalue weighted by molar-refractivity contribution is 5.90. The zero-order valence-electron chi connectivity index (χ0n) is 8.08. The van der Waals surface area contributed by atoms with Crippen molar-refractivity contribution in [3.8, 4) is 5.75 Å². The molecule has 1 aromatic heterocycles. The first-order valence-electron chi connectivity index (χ1n) is 4.87. The van der Waals surface area contributed by atoms with Gasteiger partial charge in [-0.15, -0.1) is 0 Å². The fourth-order valence-corrected chi connectivity index (χ4v) is 2.05. The Kier molecular flexibility index (Phi) is 1.51. The Labute approximate surface area is 82.5 Å². The van der Waals surface area contributed by atoms with E-state index >= 15 is 0 Å². The number of aryl methyl sites for hydroxylation is 1. The lowest BCUT2D eigenvalue weighted by molar-refractivity contribution is 0.360. The molecule has 0 amide bonds. The van der Waals surface area contributed by atoms with Crippen LogP contribution < -0.4 is 4.74 Å². The van der Waals surface area contributed by atoms with Crippen LogP contribution >= 0.6 is 0 Å². The molecule has 0 unspecified atom stereocenters. The minimum Gasteiger partial charge on any atom is -0.491 e. The number of rotatable bonds is 0. The first-order chi connectivity index (χ1) is 6.86. The van der Waals surface area contributed by atoms with Crippen molar-refractivity contribution in [1.82, 2.24) is 4.98 Å². The highest BCUT2D eigenvalue weighted by atomic mass is 16.5. The molecule has 1 aliphatic rings. The summed E-state index contributed by atoms with van der Waals surface area (Å²) >= 11 is 0. The molecule has 70 valence electrons. The molecular formula is C12H11NO. The summed E-state index contributed by atoms with van der Waals surface area (Å²) in [6.45, 7) is 2.83. The van der Waals surface area contributed by atoms with Crippen LogP contribution in [0.2, 0.25) is 0 Å². The van der Waals surface area contributed by atoms with Crippen molar-refractivity contribution >= 4 is 10.8 Å². The molecule has 2 heterocycles. The molecule has 0 N–H and O–H groups in total. The van der Waals surface area contributed by atoms with Gasteiger partial charge in [0.1, 0.15) is 5.75 Å². The van der Waals surface area contributed by atoms with Crippen LogP contribution in [0.1, 0.15) is 11.4 Å². The second kappa shape index (κ2) is 2.71. The van der Waals surface area contributed by atoms with Gasteiger partial charge in [0.05, 0.1) is 12.3 Å². The van der Waals surface area contributed by atoms with Gasteiger partial charge >= 0.3 is 0 Å². The highest BCUT2D eigenvalue weighted by Gasteiger charge is 2.17. The van der Waals surface area contributed by atoms with E-state index in [-0.39, 0.29) is 0 Å². The van der Waals surface area contributed by atoms with Crippen LogP contribution in [-0.4, -0.2) is 11.6 Å². The summed E-state index contributed by atoms with van der Waals surface area (Å²) in [5.41, 5.74) is 2.21. The van der Waals surface area contributed by atoms with Gasteiger partial charge in [-0.2, -0.15) is 0 Å². The summed E-state index contributed by atoms with van der Waals surface area (Å²) < 4.78 is 5.60. The monoisotopic (exact) mass is 185 g/mol. The maximum Gasteiger partial charge on any atom is 0.148 e. The van der Waals surface area contributed by atoms with E-state index in [1.54, 1.807) is 0 Å². The van der Waals surface area contributed by atoms with Crippen LogP contribution in [0, 0.1) is 6.92 Å². The summed E-state index contributed by atoms with van der Waals surface area (Å²) in [5.74, 6) is 0.992. The number of fused-ring (bicyclic) bond motifs is 3. The topological polar surface area (TPSA) is 22.1 Å². The fourth-order valence-electron chi connectivity index (χ4n) is 2.05. The van der Waals surface area contributed by atoms with Gasteiger partial charge in [-0.05, 0) is 6.92 Å². The maximum atomic E-state index is 5.60. The van der Waals surface area contributed by atoms with Crippen LogP contribution in [0.3, 0.4) is 0 Å². The van der Waals surface area contributed by atoms with E-state index in [4.69, 9.17) is 4.74 Å². The third-order valence-corrected chi connectivity index (χ3v) is 2.71. The Morgan fingerprint density at radius 2 is 2.00 bits per heavy atom. The highest BCUT2D eigenvalue weighted by Crippen LogP contribution is 2.33. The van der Waals surface area contributed by atoms with Crippen LogP contribution in [-0.2, 0) is 6.42 Å². The van der Waals surface area contributed by atoms with Crippen LogP contribution in [0.15, 0.2) is 24.3 Å². The largest absolute Gasteiger partial charge is 0.491 e. The van der Waals surface area contributed by atoms with Crippen molar-refractivity contribution in [3.05, 3.63) is 35.7 Å². The van der Waals surface area contributed by atoms with E-state index < -0.39 is 0 Å². The number of hydrogen-bond donors (Lipinski definition) is 0. The summed E-state index contributed by atoms with van der Waals surface area (Å²) in [5, 5.41) is 2.40. The molecule has 0 bridgehead atoms. The van der Waals surface area contributed by atoms with Gasteiger partial charge in [0.15, 0.2) is 0 Å². The summed E-state index contributed by atoms with van der Waals surface area (Å²) in [7, 11) is 0. The van der Waals surface area contributed by atoms with Crippen molar-refractivity contribution in [3.63, 3.8) is 0 Å². The van der Waals surface area contributed by atoms with E-state index in [1.807, 2.05) is 12.1 Å². The van der Waals surface area contributed by atoms with Crippen molar-refractivity contribution in [2.75, 3.05) is 6.61 Å². The third kappa shape index (κ3) is 0.939. The Balaban J connectivity index is 2.47. The van der Waals surface area contributed by atoms with Crippen molar-refractivity contribution < 1.29 is 4.74 Å². The number of pyridine rings is 1. The number of aromatic nitrogens is 1. The molecule has 0 spiro atoms. The quantitative estimate of drug-likeness (QED) is 0.629. The van der Waals surface area contributed by atoms with E-state index in [0.717, 1.165) is 30.2 Å². The molecule has 1 aliphatic heterocycles. The molecule has 0 atom stereocenters. The molecule has 0 aliphatic carbocycles. The molecule has 1 aromatic carbocycles. The van der Waals surface area contributed by atoms with Gasteiger partial charge < -0.3 is 4.74 Å². The Bertz CT molecular complexity index is 505. The van der Waals surface area contributed by atoms with Gasteiger partial charge in [-0.1, -0.05) is 24.3 Å². The van der Waals surface area contributed by atoms with Gasteiger partial charge in [-0.3, -0.25) is 4.98 Å². The standard InChI is InChI=1S/C12H11NO/c1-8-9-4-2-3-5-10(9)12-11(13-8)6-7-14-12/h2-5H,6-7H2,1H3. The van der Waals surface area contributed by atoms with Gasteiger partial charge in [0, 0.05) is 22.9 Å². The number of nitrogens with zero attached hydrogens (tertiary/aromatic N) is 1. The van der Waals surface area contributed by atoms with Crippen molar-refractivity contribution in [2.45, 2.75) is 13.3 Å².